The van der Waals surface area contributed by atoms with E-state index < -0.39 is 0 Å². The molecule has 1 aromatic carbocycles. The van der Waals surface area contributed by atoms with Gasteiger partial charge in [0, 0.05) is 12.6 Å². The molecular formula is C15H15N3S. The van der Waals surface area contributed by atoms with Crippen LogP contribution in [0.1, 0.15) is 24.2 Å². The molecule has 0 bridgehead atoms. The van der Waals surface area contributed by atoms with Crippen molar-refractivity contribution in [1.29, 1.82) is 0 Å². The zero-order valence-electron chi connectivity index (χ0n) is 10.7. The molecule has 96 valence electrons. The third-order valence-corrected chi connectivity index (χ3v) is 3.83. The normalized spacial score (nSPS) is 12.7. The summed E-state index contributed by atoms with van der Waals surface area (Å²) in [4.78, 5) is 9.03. The molecule has 4 heteroatoms. The minimum absolute atomic E-state index is 0.333. The number of rotatable bonds is 4. The average Bonchev–Trinajstić information content (AvgIpc) is 2.99. The second-order valence-electron chi connectivity index (χ2n) is 4.51. The maximum atomic E-state index is 4.61. The van der Waals surface area contributed by atoms with E-state index in [1.165, 1.54) is 5.56 Å². The molecule has 0 aliphatic heterocycles. The van der Waals surface area contributed by atoms with Crippen molar-refractivity contribution in [3.63, 3.8) is 0 Å². The highest BCUT2D eigenvalue weighted by atomic mass is 32.1. The van der Waals surface area contributed by atoms with Crippen molar-refractivity contribution in [3.8, 4) is 0 Å². The van der Waals surface area contributed by atoms with Crippen molar-refractivity contribution in [2.24, 2.45) is 0 Å². The molecule has 19 heavy (non-hydrogen) atoms. The van der Waals surface area contributed by atoms with Crippen LogP contribution in [0.5, 0.6) is 0 Å². The minimum Gasteiger partial charge on any atom is -0.304 e. The van der Waals surface area contributed by atoms with Gasteiger partial charge in [-0.3, -0.25) is 4.98 Å². The smallest absolute Gasteiger partial charge is 0.0890 e. The van der Waals surface area contributed by atoms with E-state index in [2.05, 4.69) is 39.0 Å². The van der Waals surface area contributed by atoms with Crippen molar-refractivity contribution in [1.82, 2.24) is 15.3 Å². The number of benzene rings is 1. The Bertz CT molecular complexity index is 664. The summed E-state index contributed by atoms with van der Waals surface area (Å²) < 4.78 is 0. The van der Waals surface area contributed by atoms with E-state index >= 15 is 0 Å². The fraction of sp³-hybridized carbons (Fsp3) is 0.200. The standard InChI is InChI=1S/C15H15N3S/c1-11(12-6-7-19-10-12)16-8-13-9-17-14-4-2-3-5-15(14)18-13/h2-7,9-11,16H,8H2,1H3. The third kappa shape index (κ3) is 2.80. The number of nitrogens with zero attached hydrogens (tertiary/aromatic N) is 2. The molecule has 3 rings (SSSR count). The maximum absolute atomic E-state index is 4.61. The van der Waals surface area contributed by atoms with Gasteiger partial charge >= 0.3 is 0 Å². The molecule has 0 amide bonds. The van der Waals surface area contributed by atoms with Gasteiger partial charge < -0.3 is 5.32 Å². The first-order valence-corrected chi connectivity index (χ1v) is 7.23. The molecule has 1 N–H and O–H groups in total. The summed E-state index contributed by atoms with van der Waals surface area (Å²) in [5.41, 5.74) is 4.18. The summed E-state index contributed by atoms with van der Waals surface area (Å²) in [6.45, 7) is 2.89. The van der Waals surface area contributed by atoms with Crippen molar-refractivity contribution in [2.75, 3.05) is 0 Å². The number of thiophene rings is 1. The Balaban J connectivity index is 1.71. The predicted octanol–water partition coefficient (Wildman–Crippen LogP) is 3.54. The van der Waals surface area contributed by atoms with Crippen molar-refractivity contribution in [3.05, 3.63) is 58.5 Å². The maximum Gasteiger partial charge on any atom is 0.0890 e. The molecule has 2 heterocycles. The predicted molar refractivity (Wildman–Crippen MR) is 79.1 cm³/mol. The van der Waals surface area contributed by atoms with Crippen LogP contribution in [0, 0.1) is 0 Å². The number of para-hydroxylation sites is 2. The SMILES string of the molecule is CC(NCc1cnc2ccccc2n1)c1ccsc1. The van der Waals surface area contributed by atoms with Crippen LogP contribution >= 0.6 is 11.3 Å². The summed E-state index contributed by atoms with van der Waals surface area (Å²) in [5.74, 6) is 0. The zero-order valence-corrected chi connectivity index (χ0v) is 11.5. The van der Waals surface area contributed by atoms with Crippen molar-refractivity contribution < 1.29 is 0 Å². The lowest BCUT2D eigenvalue weighted by atomic mass is 10.2. The van der Waals surface area contributed by atoms with Crippen LogP contribution < -0.4 is 5.32 Å². The van der Waals surface area contributed by atoms with Gasteiger partial charge in [0.15, 0.2) is 0 Å². The second kappa shape index (κ2) is 5.47. The van der Waals surface area contributed by atoms with Gasteiger partial charge in [-0.15, -0.1) is 0 Å². The van der Waals surface area contributed by atoms with Gasteiger partial charge in [-0.25, -0.2) is 4.98 Å². The Labute approximate surface area is 116 Å². The molecule has 0 saturated carbocycles. The van der Waals surface area contributed by atoms with E-state index in [-0.39, 0.29) is 0 Å². The van der Waals surface area contributed by atoms with E-state index in [4.69, 9.17) is 0 Å². The Morgan fingerprint density at radius 2 is 2.05 bits per heavy atom. The molecule has 3 nitrogen and oxygen atoms in total. The van der Waals surface area contributed by atoms with Gasteiger partial charge in [0.2, 0.25) is 0 Å². The summed E-state index contributed by atoms with van der Waals surface area (Å²) >= 11 is 1.72. The second-order valence-corrected chi connectivity index (χ2v) is 5.29. The molecule has 0 fully saturated rings. The van der Waals surface area contributed by atoms with Crippen LogP contribution in [-0.4, -0.2) is 9.97 Å². The first kappa shape index (κ1) is 12.3. The zero-order chi connectivity index (χ0) is 13.1. The summed E-state index contributed by atoms with van der Waals surface area (Å²) in [7, 11) is 0. The highest BCUT2D eigenvalue weighted by Crippen LogP contribution is 2.16. The molecular weight excluding hydrogens is 254 g/mol. The van der Waals surface area contributed by atoms with Crippen LogP contribution in [0.15, 0.2) is 47.3 Å². The van der Waals surface area contributed by atoms with Gasteiger partial charge in [-0.05, 0) is 41.4 Å². The first-order chi connectivity index (χ1) is 9.33. The van der Waals surface area contributed by atoms with Crippen LogP contribution in [0.25, 0.3) is 11.0 Å². The topological polar surface area (TPSA) is 37.8 Å². The van der Waals surface area contributed by atoms with Gasteiger partial charge in [-0.1, -0.05) is 12.1 Å². The van der Waals surface area contributed by atoms with Gasteiger partial charge in [0.25, 0.3) is 0 Å². The largest absolute Gasteiger partial charge is 0.304 e. The average molecular weight is 269 g/mol. The highest BCUT2D eigenvalue weighted by Gasteiger charge is 2.06. The van der Waals surface area contributed by atoms with E-state index in [1.807, 2.05) is 30.5 Å². The van der Waals surface area contributed by atoms with Crippen LogP contribution in [0.2, 0.25) is 0 Å². The molecule has 0 radical (unpaired) electrons. The highest BCUT2D eigenvalue weighted by molar-refractivity contribution is 7.07. The van der Waals surface area contributed by atoms with Crippen molar-refractivity contribution in [2.45, 2.75) is 19.5 Å². The monoisotopic (exact) mass is 269 g/mol. The van der Waals surface area contributed by atoms with Gasteiger partial charge in [0.05, 0.1) is 22.9 Å². The quantitative estimate of drug-likeness (QED) is 0.787. The van der Waals surface area contributed by atoms with E-state index in [0.29, 0.717) is 6.04 Å². The number of hydrogen-bond acceptors (Lipinski definition) is 4. The van der Waals surface area contributed by atoms with Gasteiger partial charge in [-0.2, -0.15) is 11.3 Å². The number of fused-ring (bicyclic) bond motifs is 1. The molecule has 1 unspecified atom stereocenters. The minimum atomic E-state index is 0.333. The number of nitrogens with one attached hydrogen (secondary N) is 1. The van der Waals surface area contributed by atoms with Crippen molar-refractivity contribution >= 4 is 22.4 Å². The summed E-state index contributed by atoms with van der Waals surface area (Å²) in [5, 5.41) is 7.74. The lowest BCUT2D eigenvalue weighted by molar-refractivity contribution is 0.569. The molecule has 0 saturated heterocycles. The summed E-state index contributed by atoms with van der Waals surface area (Å²) in [6.07, 6.45) is 1.84. The first-order valence-electron chi connectivity index (χ1n) is 6.29. The number of aromatic nitrogens is 2. The van der Waals surface area contributed by atoms with Crippen LogP contribution in [-0.2, 0) is 6.54 Å². The number of hydrogen-bond donors (Lipinski definition) is 1. The fourth-order valence-corrected chi connectivity index (χ4v) is 2.73. The molecule has 0 spiro atoms. The Kier molecular flexibility index (Phi) is 3.53. The molecule has 2 aromatic heterocycles. The molecule has 3 aromatic rings. The summed E-state index contributed by atoms with van der Waals surface area (Å²) in [6, 6.07) is 10.4. The van der Waals surface area contributed by atoms with Crippen LogP contribution in [0.3, 0.4) is 0 Å². The Hall–Kier alpha value is -1.78. The Morgan fingerprint density at radius 1 is 1.21 bits per heavy atom. The third-order valence-electron chi connectivity index (χ3n) is 3.13. The van der Waals surface area contributed by atoms with E-state index in [0.717, 1.165) is 23.3 Å². The van der Waals surface area contributed by atoms with Crippen LogP contribution in [0.4, 0.5) is 0 Å². The molecule has 0 aliphatic rings. The lowest BCUT2D eigenvalue weighted by Crippen LogP contribution is -2.18. The Morgan fingerprint density at radius 3 is 2.84 bits per heavy atom. The lowest BCUT2D eigenvalue weighted by Gasteiger charge is -2.12. The molecule has 1 atom stereocenters. The van der Waals surface area contributed by atoms with E-state index in [1.54, 1.807) is 11.3 Å². The van der Waals surface area contributed by atoms with Gasteiger partial charge in [0.1, 0.15) is 0 Å². The molecule has 0 aliphatic carbocycles. The van der Waals surface area contributed by atoms with E-state index in [9.17, 15) is 0 Å². The fourth-order valence-electron chi connectivity index (χ4n) is 1.98.